The van der Waals surface area contributed by atoms with Gasteiger partial charge in [-0.2, -0.15) is 0 Å². The van der Waals surface area contributed by atoms with E-state index in [1.54, 1.807) is 6.42 Å². The van der Waals surface area contributed by atoms with Crippen LogP contribution in [-0.2, 0) is 0 Å². The fourth-order valence-electron chi connectivity index (χ4n) is 0.310. The summed E-state index contributed by atoms with van der Waals surface area (Å²) in [7, 11) is 0. The number of aliphatic hydroxyl groups is 1. The van der Waals surface area contributed by atoms with Crippen LogP contribution in [0.25, 0.3) is 0 Å². The maximum atomic E-state index is 8.20. The molecule has 46 valence electrons. The van der Waals surface area contributed by atoms with Gasteiger partial charge in [-0.05, 0) is 6.54 Å². The molecule has 0 aliphatic carbocycles. The van der Waals surface area contributed by atoms with E-state index in [-0.39, 0.29) is 37.7 Å². The molecule has 0 heterocycles. The van der Waals surface area contributed by atoms with E-state index in [1.807, 2.05) is 5.32 Å². The summed E-state index contributed by atoms with van der Waals surface area (Å²) >= 11 is 0. The monoisotopic (exact) mass is 340 g/mol. The van der Waals surface area contributed by atoms with E-state index in [9.17, 15) is 0 Å². The zero-order chi connectivity index (χ0) is 5.54. The van der Waals surface area contributed by atoms with Gasteiger partial charge in [-0.25, -0.2) is 0 Å². The zero-order valence-corrected chi connectivity index (χ0v) is 9.09. The van der Waals surface area contributed by atoms with Crippen LogP contribution in [-0.4, -0.2) is 24.8 Å². The molecule has 0 saturated heterocycles. The zero-order valence-electron chi connectivity index (χ0n) is 4.93. The molecule has 0 rings (SSSR count). The molecule has 0 spiro atoms. The van der Waals surface area contributed by atoms with Crippen molar-refractivity contribution in [3.63, 3.8) is 0 Å². The summed E-state index contributed by atoms with van der Waals surface area (Å²) in [6, 6.07) is 0. The molecular formula is C5H12NOU+. The first-order chi connectivity index (χ1) is 3.41. The van der Waals surface area contributed by atoms with Gasteiger partial charge in [0.2, 0.25) is 0 Å². The average molecular weight is 340 g/mol. The van der Waals surface area contributed by atoms with Crippen LogP contribution in [0.4, 0.5) is 0 Å². The van der Waals surface area contributed by atoms with Gasteiger partial charge in [0.15, 0.2) is 0 Å². The van der Waals surface area contributed by atoms with E-state index in [1.165, 1.54) is 0 Å². The Labute approximate surface area is 74.4 Å². The van der Waals surface area contributed by atoms with Crippen molar-refractivity contribution in [1.29, 1.82) is 0 Å². The first-order valence-electron chi connectivity index (χ1n) is 2.45. The van der Waals surface area contributed by atoms with Crippen LogP contribution in [0.5, 0.6) is 0 Å². The van der Waals surface area contributed by atoms with Crippen LogP contribution >= 0.6 is 0 Å². The molecule has 0 aromatic rings. The Morgan fingerprint density at radius 3 is 2.62 bits per heavy atom. The van der Waals surface area contributed by atoms with E-state index in [0.717, 1.165) is 13.1 Å². The van der Waals surface area contributed by atoms with E-state index >= 15 is 0 Å². The fourth-order valence-corrected chi connectivity index (χ4v) is 0.310. The van der Waals surface area contributed by atoms with Crippen molar-refractivity contribution in [3.8, 4) is 0 Å². The van der Waals surface area contributed by atoms with Gasteiger partial charge in [0, 0.05) is 0 Å². The SMILES string of the molecule is [CH2-]C[NH2+]C[CH-]CO.[U+2]. The van der Waals surface area contributed by atoms with Gasteiger partial charge in [0.25, 0.3) is 0 Å². The topological polar surface area (TPSA) is 36.8 Å². The second-order valence-electron chi connectivity index (χ2n) is 1.28. The number of hydrogen-bond acceptors (Lipinski definition) is 1. The molecule has 0 aromatic heterocycles. The van der Waals surface area contributed by atoms with Gasteiger partial charge in [-0.3, -0.25) is 13.3 Å². The number of nitrogens with two attached hydrogens (primary N) is 1. The van der Waals surface area contributed by atoms with E-state index in [4.69, 9.17) is 5.11 Å². The maximum Gasteiger partial charge on any atom is 2.00 e. The third-order valence-corrected chi connectivity index (χ3v) is 0.667. The Morgan fingerprint density at radius 1 is 1.62 bits per heavy atom. The molecule has 2 nitrogen and oxygen atoms in total. The van der Waals surface area contributed by atoms with Crippen molar-refractivity contribution in [2.75, 3.05) is 19.7 Å². The second kappa shape index (κ2) is 10.9. The molecule has 0 saturated carbocycles. The standard InChI is InChI=1S/C5H11NO.U/c1-2-6-4-3-5-7;/h3,6-7H,1-2,4-5H2;/q-2;+2/p+1. The largest absolute Gasteiger partial charge is 2.00 e. The molecule has 0 fully saturated rings. The number of hydrogen-bond donors (Lipinski definition) is 2. The normalized spacial score (nSPS) is 8.25. The summed E-state index contributed by atoms with van der Waals surface area (Å²) in [4.78, 5) is 0. The minimum absolute atomic E-state index is 0. The smallest absolute Gasteiger partial charge is 0.428 e. The molecule has 0 aromatic carbocycles. The predicted octanol–water partition coefficient (Wildman–Crippen LogP) is -1.42. The average Bonchev–Trinajstić information content (AvgIpc) is 1.69. The van der Waals surface area contributed by atoms with Gasteiger partial charge >= 0.3 is 31.1 Å². The van der Waals surface area contributed by atoms with E-state index < -0.39 is 0 Å². The summed E-state index contributed by atoms with van der Waals surface area (Å²) in [5, 5.41) is 10.2. The first-order valence-corrected chi connectivity index (χ1v) is 2.45. The molecule has 0 radical (unpaired) electrons. The molecule has 8 heavy (non-hydrogen) atoms. The number of aliphatic hydroxyl groups excluding tert-OH is 1. The molecule has 0 bridgehead atoms. The Kier molecular flexibility index (Phi) is 15.9. The van der Waals surface area contributed by atoms with Crippen LogP contribution in [0.2, 0.25) is 0 Å². The number of quaternary nitrogens is 1. The van der Waals surface area contributed by atoms with Crippen LogP contribution in [0, 0.1) is 44.5 Å². The second-order valence-corrected chi connectivity index (χ2v) is 1.28. The van der Waals surface area contributed by atoms with Crippen molar-refractivity contribution in [2.45, 2.75) is 0 Å². The third-order valence-electron chi connectivity index (χ3n) is 0.667. The van der Waals surface area contributed by atoms with E-state index in [2.05, 4.69) is 6.92 Å². The Hall–Kier alpha value is 0.972. The molecule has 0 unspecified atom stereocenters. The summed E-state index contributed by atoms with van der Waals surface area (Å²) in [6.45, 7) is 5.50. The van der Waals surface area contributed by atoms with Gasteiger partial charge in [-0.15, -0.1) is 0 Å². The minimum Gasteiger partial charge on any atom is -0.428 e. The van der Waals surface area contributed by atoms with Crippen molar-refractivity contribution in [2.24, 2.45) is 0 Å². The summed E-state index contributed by atoms with van der Waals surface area (Å²) in [5.74, 6) is 0. The predicted molar refractivity (Wildman–Crippen MR) is 28.4 cm³/mol. The van der Waals surface area contributed by atoms with Crippen LogP contribution in [0.15, 0.2) is 0 Å². The minimum atomic E-state index is 0. The van der Waals surface area contributed by atoms with Gasteiger partial charge in [0.05, 0.1) is 0 Å². The van der Waals surface area contributed by atoms with Crippen molar-refractivity contribution >= 4 is 0 Å². The van der Waals surface area contributed by atoms with Crippen molar-refractivity contribution in [1.82, 2.24) is 0 Å². The van der Waals surface area contributed by atoms with Crippen LogP contribution in [0.3, 0.4) is 0 Å². The first kappa shape index (κ1) is 11.7. The quantitative estimate of drug-likeness (QED) is 0.479. The van der Waals surface area contributed by atoms with Crippen molar-refractivity contribution < 1.29 is 41.5 Å². The summed E-state index contributed by atoms with van der Waals surface area (Å²) < 4.78 is 0. The van der Waals surface area contributed by atoms with Gasteiger partial charge < -0.3 is 10.4 Å². The van der Waals surface area contributed by atoms with E-state index in [0.29, 0.717) is 0 Å². The van der Waals surface area contributed by atoms with Crippen molar-refractivity contribution in [3.05, 3.63) is 13.3 Å². The molecule has 0 atom stereocenters. The Balaban J connectivity index is 0. The number of rotatable bonds is 4. The fraction of sp³-hybridized carbons (Fsp3) is 0.600. The maximum absolute atomic E-state index is 8.20. The Morgan fingerprint density at radius 2 is 2.25 bits per heavy atom. The summed E-state index contributed by atoms with van der Waals surface area (Å²) in [6.07, 6.45) is 1.80. The van der Waals surface area contributed by atoms with Crippen LogP contribution in [0.1, 0.15) is 0 Å². The van der Waals surface area contributed by atoms with Crippen LogP contribution < -0.4 is 5.32 Å². The molecule has 0 aliphatic rings. The molecule has 0 aliphatic heterocycles. The molecule has 3 heteroatoms. The molecular weight excluding hydrogens is 328 g/mol. The van der Waals surface area contributed by atoms with Gasteiger partial charge in [0.1, 0.15) is 0 Å². The van der Waals surface area contributed by atoms with Gasteiger partial charge in [-0.1, -0.05) is 13.2 Å². The molecule has 3 N–H and O–H groups in total. The Bertz CT molecular complexity index is 31.6. The summed E-state index contributed by atoms with van der Waals surface area (Å²) in [5.41, 5.74) is 0. The third kappa shape index (κ3) is 10.1. The molecule has 0 amide bonds.